The Kier molecular flexibility index (Phi) is 6.64. The van der Waals surface area contributed by atoms with Crippen LogP contribution < -0.4 is 4.74 Å². The zero-order chi connectivity index (χ0) is 24.2. The van der Waals surface area contributed by atoms with Crippen LogP contribution in [0.25, 0.3) is 16.8 Å². The maximum atomic E-state index is 13.5. The molecule has 0 radical (unpaired) electrons. The minimum absolute atomic E-state index is 0.109. The molecule has 4 aromatic carbocycles. The number of amidine groups is 1. The van der Waals surface area contributed by atoms with Gasteiger partial charge in [0.05, 0.1) is 17.7 Å². The van der Waals surface area contributed by atoms with Gasteiger partial charge in [0, 0.05) is 17.5 Å². The molecule has 1 fully saturated rings. The van der Waals surface area contributed by atoms with Crippen molar-refractivity contribution in [3.63, 3.8) is 0 Å². The molecule has 0 aliphatic carbocycles. The summed E-state index contributed by atoms with van der Waals surface area (Å²) < 4.78 is 18.8. The van der Waals surface area contributed by atoms with E-state index in [4.69, 9.17) is 9.73 Å². The van der Waals surface area contributed by atoms with Crippen molar-refractivity contribution in [2.24, 2.45) is 4.99 Å². The maximum Gasteiger partial charge on any atom is 0.266 e. The van der Waals surface area contributed by atoms with Gasteiger partial charge in [0.25, 0.3) is 5.91 Å². The van der Waals surface area contributed by atoms with Crippen LogP contribution in [0, 0.1) is 5.82 Å². The Hall–Kier alpha value is -3.90. The molecule has 0 atom stereocenters. The molecule has 6 heteroatoms. The van der Waals surface area contributed by atoms with E-state index in [9.17, 15) is 9.18 Å². The van der Waals surface area contributed by atoms with Crippen molar-refractivity contribution >= 4 is 45.4 Å². The molecule has 1 aliphatic rings. The Bertz CT molecular complexity index is 1440. The number of halogens is 1. The Morgan fingerprint density at radius 3 is 2.51 bits per heavy atom. The van der Waals surface area contributed by atoms with Crippen molar-refractivity contribution < 1.29 is 13.9 Å². The summed E-state index contributed by atoms with van der Waals surface area (Å²) in [5.74, 6) is 0.314. The van der Waals surface area contributed by atoms with Crippen molar-refractivity contribution in [1.29, 1.82) is 0 Å². The van der Waals surface area contributed by atoms with Crippen LogP contribution in [-0.4, -0.2) is 29.6 Å². The third-order valence-corrected chi connectivity index (χ3v) is 6.84. The monoisotopic (exact) mass is 482 g/mol. The molecule has 0 bridgehead atoms. The number of rotatable bonds is 6. The molecule has 4 nitrogen and oxygen atoms in total. The number of ether oxygens (including phenoxy) is 1. The van der Waals surface area contributed by atoms with E-state index >= 15 is 0 Å². The second-order valence-electron chi connectivity index (χ2n) is 8.08. The summed E-state index contributed by atoms with van der Waals surface area (Å²) in [6.07, 6.45) is 2.44. The van der Waals surface area contributed by atoms with Crippen LogP contribution in [-0.2, 0) is 11.2 Å². The molecule has 0 unspecified atom stereocenters. The molecule has 0 aromatic heterocycles. The molecule has 1 heterocycles. The Morgan fingerprint density at radius 2 is 1.69 bits per heavy atom. The fourth-order valence-electron chi connectivity index (χ4n) is 4.02. The van der Waals surface area contributed by atoms with Crippen molar-refractivity contribution in [1.82, 2.24) is 4.90 Å². The number of thioether (sulfide) groups is 1. The zero-order valence-corrected chi connectivity index (χ0v) is 20.0. The Morgan fingerprint density at radius 1 is 0.943 bits per heavy atom. The predicted molar refractivity (Wildman–Crippen MR) is 141 cm³/mol. The second kappa shape index (κ2) is 10.2. The van der Waals surface area contributed by atoms with Gasteiger partial charge in [-0.25, -0.2) is 9.38 Å². The standard InChI is InChI=1S/C29H23FN2O2S/c1-34-26-12-5-3-8-22(26)19-27-28(33)32(18-17-20-13-15-23(30)16-14-20)29(35-27)31-25-11-6-9-21-7-2-4-10-24(21)25/h2-16,19H,17-18H2,1H3/b27-19+,31-29?. The van der Waals surface area contributed by atoms with Crippen LogP contribution in [0.4, 0.5) is 10.1 Å². The average Bonchev–Trinajstić information content (AvgIpc) is 3.17. The lowest BCUT2D eigenvalue weighted by Gasteiger charge is -2.16. The van der Waals surface area contributed by atoms with E-state index in [1.807, 2.05) is 72.8 Å². The first-order chi connectivity index (χ1) is 17.1. The highest BCUT2D eigenvalue weighted by atomic mass is 32.2. The molecule has 35 heavy (non-hydrogen) atoms. The predicted octanol–water partition coefficient (Wildman–Crippen LogP) is 6.83. The summed E-state index contributed by atoms with van der Waals surface area (Å²) in [6.45, 7) is 0.435. The first-order valence-electron chi connectivity index (χ1n) is 11.3. The summed E-state index contributed by atoms with van der Waals surface area (Å²) in [6, 6.07) is 28.0. The molecule has 4 aromatic rings. The van der Waals surface area contributed by atoms with Gasteiger partial charge in [0.15, 0.2) is 5.17 Å². The highest BCUT2D eigenvalue weighted by Gasteiger charge is 2.33. The molecular weight excluding hydrogens is 459 g/mol. The largest absolute Gasteiger partial charge is 0.496 e. The van der Waals surface area contributed by atoms with Gasteiger partial charge >= 0.3 is 0 Å². The molecule has 174 valence electrons. The number of para-hydroxylation sites is 1. The fourth-order valence-corrected chi connectivity index (χ4v) is 5.02. The molecule has 1 saturated heterocycles. The van der Waals surface area contributed by atoms with Crippen molar-refractivity contribution in [2.45, 2.75) is 6.42 Å². The number of methoxy groups -OCH3 is 1. The minimum atomic E-state index is -0.276. The number of hydrogen-bond acceptors (Lipinski definition) is 4. The van der Waals surface area contributed by atoms with E-state index in [0.29, 0.717) is 28.8 Å². The van der Waals surface area contributed by atoms with Crippen LogP contribution in [0.15, 0.2) is 101 Å². The lowest BCUT2D eigenvalue weighted by atomic mass is 10.1. The van der Waals surface area contributed by atoms with E-state index < -0.39 is 0 Å². The number of carbonyl (C=O) groups is 1. The number of amides is 1. The van der Waals surface area contributed by atoms with Gasteiger partial charge < -0.3 is 4.74 Å². The normalized spacial score (nSPS) is 15.9. The van der Waals surface area contributed by atoms with Gasteiger partial charge in [-0.2, -0.15) is 0 Å². The summed E-state index contributed by atoms with van der Waals surface area (Å²) in [4.78, 5) is 20.7. The molecule has 1 amide bonds. The minimum Gasteiger partial charge on any atom is -0.496 e. The molecule has 0 spiro atoms. The van der Waals surface area contributed by atoms with Gasteiger partial charge in [-0.05, 0) is 59.5 Å². The van der Waals surface area contributed by atoms with Crippen LogP contribution in [0.3, 0.4) is 0 Å². The van der Waals surface area contributed by atoms with Crippen LogP contribution in [0.1, 0.15) is 11.1 Å². The molecule has 0 N–H and O–H groups in total. The fraction of sp³-hybridized carbons (Fsp3) is 0.103. The SMILES string of the molecule is COc1ccccc1/C=C1/SC(=Nc2cccc3ccccc23)N(CCc2ccc(F)cc2)C1=O. The topological polar surface area (TPSA) is 41.9 Å². The highest BCUT2D eigenvalue weighted by molar-refractivity contribution is 8.18. The van der Waals surface area contributed by atoms with Crippen molar-refractivity contribution in [3.05, 3.63) is 113 Å². The van der Waals surface area contributed by atoms with Gasteiger partial charge in [-0.3, -0.25) is 9.69 Å². The van der Waals surface area contributed by atoms with E-state index in [2.05, 4.69) is 0 Å². The molecule has 5 rings (SSSR count). The van der Waals surface area contributed by atoms with E-state index in [0.717, 1.165) is 27.6 Å². The number of benzene rings is 4. The Labute approximate surface area is 207 Å². The van der Waals surface area contributed by atoms with Gasteiger partial charge in [-0.1, -0.05) is 66.7 Å². The first-order valence-corrected chi connectivity index (χ1v) is 12.1. The van der Waals surface area contributed by atoms with Crippen molar-refractivity contribution in [2.75, 3.05) is 13.7 Å². The van der Waals surface area contributed by atoms with Gasteiger partial charge in [0.2, 0.25) is 0 Å². The Balaban J connectivity index is 1.52. The number of nitrogens with zero attached hydrogens (tertiary/aromatic N) is 2. The van der Waals surface area contributed by atoms with Crippen LogP contribution in [0.5, 0.6) is 5.75 Å². The zero-order valence-electron chi connectivity index (χ0n) is 19.1. The first kappa shape index (κ1) is 22.9. The summed E-state index contributed by atoms with van der Waals surface area (Å²) in [7, 11) is 1.61. The van der Waals surface area contributed by atoms with E-state index in [1.54, 1.807) is 24.1 Å². The molecule has 0 saturated carbocycles. The lowest BCUT2D eigenvalue weighted by Crippen LogP contribution is -2.31. The highest BCUT2D eigenvalue weighted by Crippen LogP contribution is 2.37. The third kappa shape index (κ3) is 4.98. The lowest BCUT2D eigenvalue weighted by molar-refractivity contribution is -0.122. The van der Waals surface area contributed by atoms with Crippen LogP contribution in [0.2, 0.25) is 0 Å². The molecule has 1 aliphatic heterocycles. The van der Waals surface area contributed by atoms with Crippen LogP contribution >= 0.6 is 11.8 Å². The average molecular weight is 483 g/mol. The third-order valence-electron chi connectivity index (χ3n) is 5.83. The number of fused-ring (bicyclic) bond motifs is 1. The summed E-state index contributed by atoms with van der Waals surface area (Å²) in [5, 5.41) is 2.73. The maximum absolute atomic E-state index is 13.5. The van der Waals surface area contributed by atoms with E-state index in [1.165, 1.54) is 23.9 Å². The van der Waals surface area contributed by atoms with E-state index in [-0.39, 0.29) is 11.7 Å². The second-order valence-corrected chi connectivity index (χ2v) is 9.09. The van der Waals surface area contributed by atoms with Gasteiger partial charge in [0.1, 0.15) is 11.6 Å². The summed E-state index contributed by atoms with van der Waals surface area (Å²) >= 11 is 1.35. The van der Waals surface area contributed by atoms with Gasteiger partial charge in [-0.15, -0.1) is 0 Å². The number of hydrogen-bond donors (Lipinski definition) is 0. The number of carbonyl (C=O) groups excluding carboxylic acids is 1. The smallest absolute Gasteiger partial charge is 0.266 e. The summed E-state index contributed by atoms with van der Waals surface area (Å²) in [5.41, 5.74) is 2.59. The quantitative estimate of drug-likeness (QED) is 0.283. The number of aliphatic imine (C=N–C) groups is 1. The molecular formula is C29H23FN2O2S. The van der Waals surface area contributed by atoms with Crippen molar-refractivity contribution in [3.8, 4) is 5.75 Å².